The number of methoxy groups -OCH3 is 2. The van der Waals surface area contributed by atoms with Crippen molar-refractivity contribution >= 4 is 23.6 Å². The van der Waals surface area contributed by atoms with Gasteiger partial charge in [0.05, 0.1) is 20.0 Å². The number of likely N-dealkylation sites (N-methyl/N-ethyl adjacent to an activating group) is 1. The molecular weight excluding hydrogens is 434 g/mol. The van der Waals surface area contributed by atoms with Gasteiger partial charge in [-0.3, -0.25) is 19.3 Å². The number of amides is 2. The molecule has 0 radical (unpaired) electrons. The first kappa shape index (κ1) is 35.6. The van der Waals surface area contributed by atoms with Gasteiger partial charge in [0.1, 0.15) is 0 Å². The number of ether oxygens (including phenoxy) is 2. The molecule has 0 atom stereocenters. The van der Waals surface area contributed by atoms with E-state index >= 15 is 0 Å². The van der Waals surface area contributed by atoms with Gasteiger partial charge >= 0.3 is 5.97 Å². The summed E-state index contributed by atoms with van der Waals surface area (Å²) in [4.78, 5) is 44.3. The van der Waals surface area contributed by atoms with Crippen molar-refractivity contribution in [2.24, 2.45) is 0 Å². The van der Waals surface area contributed by atoms with Gasteiger partial charge < -0.3 is 9.47 Å². The van der Waals surface area contributed by atoms with Crippen LogP contribution in [0.5, 0.6) is 0 Å². The number of nitrogens with zero attached hydrogens (tertiary/aromatic N) is 1. The number of imide groups is 1. The Kier molecular flexibility index (Phi) is 18.3. The van der Waals surface area contributed by atoms with Crippen LogP contribution in [0.2, 0.25) is 0 Å². The fraction of sp³-hybridized carbons (Fsp3) is 0.556. The molecule has 0 aromatic carbocycles. The highest BCUT2D eigenvalue weighted by molar-refractivity contribution is 6.18. The highest BCUT2D eigenvalue weighted by Crippen LogP contribution is 2.17. The van der Waals surface area contributed by atoms with E-state index in [0.717, 1.165) is 27.4 Å². The molecule has 34 heavy (non-hydrogen) atoms. The second-order valence-electron chi connectivity index (χ2n) is 8.48. The maximum atomic E-state index is 11.0. The van der Waals surface area contributed by atoms with E-state index in [1.165, 1.54) is 19.7 Å². The Morgan fingerprint density at radius 2 is 0.971 bits per heavy atom. The van der Waals surface area contributed by atoms with Crippen LogP contribution >= 0.6 is 0 Å². The van der Waals surface area contributed by atoms with Crippen molar-refractivity contribution < 1.29 is 28.7 Å². The number of allylic oxidation sites excluding steroid dienone is 5. The van der Waals surface area contributed by atoms with Crippen molar-refractivity contribution in [1.29, 1.82) is 0 Å². The summed E-state index contributed by atoms with van der Waals surface area (Å²) in [6, 6.07) is 0. The summed E-state index contributed by atoms with van der Waals surface area (Å²) in [5.74, 6) is 0.588. The normalized spacial score (nSPS) is 11.6. The third-order valence-electron chi connectivity index (χ3n) is 5.34. The molecule has 0 saturated carbocycles. The molecule has 0 aliphatic carbocycles. The summed E-state index contributed by atoms with van der Waals surface area (Å²) < 4.78 is 9.37. The molecule has 194 valence electrons. The molecule has 2 amide bonds. The van der Waals surface area contributed by atoms with Gasteiger partial charge in [0.15, 0.2) is 5.78 Å². The van der Waals surface area contributed by atoms with E-state index in [0.29, 0.717) is 16.7 Å². The zero-order valence-electron chi connectivity index (χ0n) is 23.9. The predicted octanol–water partition coefficient (Wildman–Crippen LogP) is 5.72. The molecule has 0 fully saturated rings. The van der Waals surface area contributed by atoms with Crippen LogP contribution in [0, 0.1) is 0 Å². The molecule has 7 nitrogen and oxygen atoms in total. The summed E-state index contributed by atoms with van der Waals surface area (Å²) in [7, 11) is 4.56. The number of hydrogen-bond donors (Lipinski definition) is 0. The highest BCUT2D eigenvalue weighted by atomic mass is 16.5. The lowest BCUT2D eigenvalue weighted by molar-refractivity contribution is -0.137. The van der Waals surface area contributed by atoms with Gasteiger partial charge in [0.25, 0.3) is 11.8 Å². The lowest BCUT2D eigenvalue weighted by Gasteiger charge is -2.04. The monoisotopic (exact) mass is 479 g/mol. The minimum atomic E-state index is -0.241. The molecule has 0 aromatic rings. The fourth-order valence-electron chi connectivity index (χ4n) is 1.83. The number of hydrogen-bond acceptors (Lipinski definition) is 6. The maximum Gasteiger partial charge on any atom is 0.333 e. The van der Waals surface area contributed by atoms with Crippen molar-refractivity contribution in [2.45, 2.75) is 83.1 Å². The molecule has 1 aliphatic rings. The van der Waals surface area contributed by atoms with Crippen LogP contribution in [-0.2, 0) is 28.7 Å². The van der Waals surface area contributed by atoms with E-state index in [2.05, 4.69) is 4.74 Å². The standard InChI is InChI=1S/C7H9NO2.C7H12O2.C7H12O.C6H12O/c1-4-5(2)7(10)8(3)6(4)9;1-5(2)6(3)7(8)9-4;1-5(2)6(3)7(4)8;1-5(2)6(3)7-4/h1-3H3;1-4H3;1-4H3;1-4H3. The van der Waals surface area contributed by atoms with Crippen LogP contribution in [0.15, 0.2) is 44.8 Å². The lowest BCUT2D eigenvalue weighted by atomic mass is 10.1. The maximum absolute atomic E-state index is 11.0. The molecule has 0 aromatic heterocycles. The minimum absolute atomic E-state index is 0.171. The first-order valence-corrected chi connectivity index (χ1v) is 10.9. The number of ketones is 1. The van der Waals surface area contributed by atoms with Crippen LogP contribution in [0.3, 0.4) is 0 Å². The zero-order chi connectivity index (χ0) is 27.9. The molecule has 0 spiro atoms. The Bertz CT molecular complexity index is 849. The van der Waals surface area contributed by atoms with E-state index in [4.69, 9.17) is 4.74 Å². The molecule has 0 N–H and O–H groups in total. The third-order valence-corrected chi connectivity index (χ3v) is 5.34. The van der Waals surface area contributed by atoms with Gasteiger partial charge in [-0.15, -0.1) is 0 Å². The summed E-state index contributed by atoms with van der Waals surface area (Å²) in [5, 5.41) is 0. The van der Waals surface area contributed by atoms with E-state index in [9.17, 15) is 19.2 Å². The van der Waals surface area contributed by atoms with Crippen molar-refractivity contribution in [1.82, 2.24) is 4.90 Å². The van der Waals surface area contributed by atoms with E-state index < -0.39 is 0 Å². The first-order chi connectivity index (χ1) is 15.4. The smallest absolute Gasteiger partial charge is 0.333 e. The van der Waals surface area contributed by atoms with Gasteiger partial charge in [-0.1, -0.05) is 11.1 Å². The molecule has 0 unspecified atom stereocenters. The lowest BCUT2D eigenvalue weighted by Crippen LogP contribution is -2.26. The zero-order valence-corrected chi connectivity index (χ0v) is 23.9. The molecule has 1 rings (SSSR count). The van der Waals surface area contributed by atoms with Gasteiger partial charge in [0, 0.05) is 23.8 Å². The van der Waals surface area contributed by atoms with Crippen molar-refractivity contribution in [3.8, 4) is 0 Å². The third kappa shape index (κ3) is 13.6. The molecular formula is C27H45NO6. The number of Topliss-reactive ketones (excluding diaryl/α,β-unsaturated/α-hetero) is 1. The second-order valence-corrected chi connectivity index (χ2v) is 8.48. The van der Waals surface area contributed by atoms with Gasteiger partial charge in [-0.2, -0.15) is 0 Å². The summed E-state index contributed by atoms with van der Waals surface area (Å²) >= 11 is 0. The molecule has 1 heterocycles. The summed E-state index contributed by atoms with van der Waals surface area (Å²) in [6.45, 7) is 22.2. The quantitative estimate of drug-likeness (QED) is 0.223. The van der Waals surface area contributed by atoms with E-state index in [-0.39, 0.29) is 23.6 Å². The Labute approximate surface area is 206 Å². The van der Waals surface area contributed by atoms with E-state index in [1.807, 2.05) is 55.4 Å². The van der Waals surface area contributed by atoms with Crippen molar-refractivity contribution in [3.63, 3.8) is 0 Å². The van der Waals surface area contributed by atoms with Crippen LogP contribution < -0.4 is 0 Å². The Balaban J connectivity index is -0.000000381. The first-order valence-electron chi connectivity index (χ1n) is 10.9. The minimum Gasteiger partial charge on any atom is -0.501 e. The van der Waals surface area contributed by atoms with Gasteiger partial charge in [0.2, 0.25) is 0 Å². The average Bonchev–Trinajstić information content (AvgIpc) is 2.95. The number of carbonyl (C=O) groups is 4. The summed E-state index contributed by atoms with van der Waals surface area (Å²) in [6.07, 6.45) is 0. The molecule has 0 bridgehead atoms. The van der Waals surface area contributed by atoms with Crippen LogP contribution in [0.25, 0.3) is 0 Å². The Hall–Kier alpha value is -2.96. The number of carbonyl (C=O) groups excluding carboxylic acids is 4. The second kappa shape index (κ2) is 17.5. The number of esters is 1. The Morgan fingerprint density at radius 3 is 1.03 bits per heavy atom. The van der Waals surface area contributed by atoms with Crippen LogP contribution in [-0.4, -0.2) is 49.7 Å². The van der Waals surface area contributed by atoms with E-state index in [1.54, 1.807) is 34.8 Å². The molecule has 1 aliphatic heterocycles. The topological polar surface area (TPSA) is 90.0 Å². The van der Waals surface area contributed by atoms with Crippen molar-refractivity contribution in [2.75, 3.05) is 21.3 Å². The summed E-state index contributed by atoms with van der Waals surface area (Å²) in [5.41, 5.74) is 6.05. The number of rotatable bonds is 3. The van der Waals surface area contributed by atoms with Crippen LogP contribution in [0.4, 0.5) is 0 Å². The van der Waals surface area contributed by atoms with Crippen LogP contribution in [0.1, 0.15) is 83.1 Å². The SMILES string of the molecule is CC(=O)C(C)=C(C)C.CC1=C(C)C(=O)N(C)C1=O.COC(=O)C(C)=C(C)C.COC(C)=C(C)C. The van der Waals surface area contributed by atoms with Gasteiger partial charge in [-0.25, -0.2) is 4.79 Å². The Morgan fingerprint density at radius 1 is 0.618 bits per heavy atom. The fourth-order valence-corrected chi connectivity index (χ4v) is 1.83. The molecule has 7 heteroatoms. The average molecular weight is 480 g/mol. The predicted molar refractivity (Wildman–Crippen MR) is 138 cm³/mol. The highest BCUT2D eigenvalue weighted by Gasteiger charge is 2.29. The molecule has 0 saturated heterocycles. The largest absolute Gasteiger partial charge is 0.501 e. The van der Waals surface area contributed by atoms with Gasteiger partial charge in [-0.05, 0) is 94.2 Å². The van der Waals surface area contributed by atoms with Crippen molar-refractivity contribution in [3.05, 3.63) is 44.8 Å².